The number of amides is 1. The van der Waals surface area contributed by atoms with Gasteiger partial charge < -0.3 is 4.42 Å². The predicted molar refractivity (Wildman–Crippen MR) is 81.4 cm³/mol. The largest absolute Gasteiger partial charge is 0.459 e. The first kappa shape index (κ1) is 14.7. The van der Waals surface area contributed by atoms with Gasteiger partial charge in [-0.25, -0.2) is 0 Å². The normalized spacial score (nSPS) is 10.6. The van der Waals surface area contributed by atoms with Crippen LogP contribution in [0.3, 0.4) is 0 Å². The predicted octanol–water partition coefficient (Wildman–Crippen LogP) is 4.25. The second-order valence-corrected chi connectivity index (χ2v) is 4.70. The lowest BCUT2D eigenvalue weighted by atomic mass is 10.0. The van der Waals surface area contributed by atoms with Crippen LogP contribution in [-0.4, -0.2) is 11.9 Å². The molecule has 3 nitrogen and oxygen atoms in total. The summed E-state index contributed by atoms with van der Waals surface area (Å²) < 4.78 is 5.20. The molecule has 0 spiro atoms. The maximum atomic E-state index is 12.5. The van der Waals surface area contributed by atoms with Gasteiger partial charge >= 0.3 is 0 Å². The molecule has 2 rings (SSSR count). The molecule has 1 heterocycles. The van der Waals surface area contributed by atoms with E-state index in [1.807, 2.05) is 18.2 Å². The van der Waals surface area contributed by atoms with Crippen molar-refractivity contribution in [3.05, 3.63) is 53.5 Å². The van der Waals surface area contributed by atoms with Crippen LogP contribution < -0.4 is 4.90 Å². The molecule has 0 fully saturated rings. The van der Waals surface area contributed by atoms with E-state index in [1.54, 1.807) is 17.0 Å². The fraction of sp³-hybridized carbons (Fsp3) is 0.312. The van der Waals surface area contributed by atoms with Gasteiger partial charge in [-0.3, -0.25) is 9.69 Å². The number of furan rings is 1. The van der Waals surface area contributed by atoms with Crippen molar-refractivity contribution in [2.45, 2.75) is 26.7 Å². The Balaban J connectivity index is 2.49. The highest BCUT2D eigenvalue weighted by Crippen LogP contribution is 2.28. The molecule has 0 N–H and O–H groups in total. The number of benzene rings is 1. The Morgan fingerprint density at radius 3 is 2.25 bits per heavy atom. The van der Waals surface area contributed by atoms with E-state index in [4.69, 9.17) is 16.0 Å². The van der Waals surface area contributed by atoms with Gasteiger partial charge in [0.1, 0.15) is 6.00 Å². The summed E-state index contributed by atoms with van der Waals surface area (Å²) in [5.41, 5.74) is 3.14. The molecule has 2 aromatic rings. The monoisotopic (exact) mass is 291 g/mol. The number of halogens is 1. The minimum absolute atomic E-state index is 0.101. The van der Waals surface area contributed by atoms with Gasteiger partial charge in [-0.2, -0.15) is 0 Å². The topological polar surface area (TPSA) is 33.5 Å². The van der Waals surface area contributed by atoms with E-state index in [2.05, 4.69) is 13.8 Å². The molecule has 0 unspecified atom stereocenters. The van der Waals surface area contributed by atoms with Crippen LogP contribution in [0.4, 0.5) is 5.69 Å². The summed E-state index contributed by atoms with van der Waals surface area (Å²) in [6.07, 6.45) is 3.19. The van der Waals surface area contributed by atoms with Crippen molar-refractivity contribution in [3.63, 3.8) is 0 Å². The Kier molecular flexibility index (Phi) is 4.85. The molecule has 1 aromatic heterocycles. The zero-order valence-corrected chi connectivity index (χ0v) is 12.5. The molecule has 0 saturated carbocycles. The first-order valence-corrected chi connectivity index (χ1v) is 7.28. The Morgan fingerprint density at radius 1 is 1.15 bits per heavy atom. The molecule has 0 radical (unpaired) electrons. The number of aryl methyl sites for hydroxylation is 2. The number of nitrogens with zero attached hydrogens (tertiary/aromatic N) is 1. The molecule has 106 valence electrons. The van der Waals surface area contributed by atoms with E-state index in [9.17, 15) is 4.79 Å². The zero-order chi connectivity index (χ0) is 14.5. The summed E-state index contributed by atoms with van der Waals surface area (Å²) in [6.45, 7) is 4.14. The number of hydrogen-bond donors (Lipinski definition) is 0. The van der Waals surface area contributed by atoms with E-state index in [-0.39, 0.29) is 11.9 Å². The Bertz CT molecular complexity index is 556. The van der Waals surface area contributed by atoms with E-state index >= 15 is 0 Å². The van der Waals surface area contributed by atoms with E-state index in [0.29, 0.717) is 5.76 Å². The molecule has 0 aliphatic carbocycles. The van der Waals surface area contributed by atoms with Crippen LogP contribution in [0.2, 0.25) is 0 Å². The summed E-state index contributed by atoms with van der Waals surface area (Å²) >= 11 is 6.04. The van der Waals surface area contributed by atoms with Gasteiger partial charge in [-0.15, -0.1) is 11.6 Å². The Morgan fingerprint density at radius 2 is 1.80 bits per heavy atom. The maximum Gasteiger partial charge on any atom is 0.295 e. The smallest absolute Gasteiger partial charge is 0.295 e. The Labute approximate surface area is 124 Å². The van der Waals surface area contributed by atoms with E-state index in [1.165, 1.54) is 6.26 Å². The highest BCUT2D eigenvalue weighted by atomic mass is 35.5. The average Bonchev–Trinajstić information content (AvgIpc) is 3.02. The third kappa shape index (κ3) is 2.73. The van der Waals surface area contributed by atoms with Crippen LogP contribution in [-0.2, 0) is 12.8 Å². The van der Waals surface area contributed by atoms with Crippen molar-refractivity contribution >= 4 is 23.2 Å². The van der Waals surface area contributed by atoms with E-state index < -0.39 is 0 Å². The van der Waals surface area contributed by atoms with Crippen molar-refractivity contribution in [1.82, 2.24) is 0 Å². The number of anilines is 1. The fourth-order valence-electron chi connectivity index (χ4n) is 2.31. The molecule has 0 bridgehead atoms. The second kappa shape index (κ2) is 6.62. The third-order valence-corrected chi connectivity index (χ3v) is 3.57. The van der Waals surface area contributed by atoms with Crippen LogP contribution >= 0.6 is 11.6 Å². The van der Waals surface area contributed by atoms with Crippen LogP contribution in [0.15, 0.2) is 41.0 Å². The van der Waals surface area contributed by atoms with Crippen molar-refractivity contribution < 1.29 is 9.21 Å². The standard InChI is InChI=1S/C16H18ClNO2/c1-3-12-7-5-8-13(4-2)15(12)18(11-17)16(19)14-9-6-10-20-14/h5-10H,3-4,11H2,1-2H3. The van der Waals surface area contributed by atoms with Crippen molar-refractivity contribution in [3.8, 4) is 0 Å². The van der Waals surface area contributed by atoms with E-state index in [0.717, 1.165) is 29.7 Å². The van der Waals surface area contributed by atoms with Crippen LogP contribution in [0.1, 0.15) is 35.5 Å². The molecular formula is C16H18ClNO2. The Hall–Kier alpha value is -1.74. The molecule has 0 aliphatic rings. The summed E-state index contributed by atoms with van der Waals surface area (Å²) in [5.74, 6) is 0.0965. The molecule has 0 saturated heterocycles. The zero-order valence-electron chi connectivity index (χ0n) is 11.7. The molecule has 1 amide bonds. The quantitative estimate of drug-likeness (QED) is 0.609. The first-order valence-electron chi connectivity index (χ1n) is 6.75. The molecular weight excluding hydrogens is 274 g/mol. The van der Waals surface area contributed by atoms with Gasteiger partial charge in [-0.05, 0) is 36.1 Å². The van der Waals surface area contributed by atoms with Gasteiger partial charge in [0, 0.05) is 0 Å². The van der Waals surface area contributed by atoms with Gasteiger partial charge in [0.15, 0.2) is 5.76 Å². The lowest BCUT2D eigenvalue weighted by molar-refractivity contribution is 0.0964. The molecule has 0 aliphatic heterocycles. The lowest BCUT2D eigenvalue weighted by Crippen LogP contribution is -2.31. The van der Waals surface area contributed by atoms with Crippen LogP contribution in [0.25, 0.3) is 0 Å². The molecule has 0 atom stereocenters. The fourth-order valence-corrected chi connectivity index (χ4v) is 2.54. The lowest BCUT2D eigenvalue weighted by Gasteiger charge is -2.24. The average molecular weight is 292 g/mol. The highest BCUT2D eigenvalue weighted by Gasteiger charge is 2.23. The van der Waals surface area contributed by atoms with Gasteiger partial charge in [0.2, 0.25) is 0 Å². The first-order chi connectivity index (χ1) is 9.72. The van der Waals surface area contributed by atoms with Crippen molar-refractivity contribution in [2.75, 3.05) is 10.9 Å². The van der Waals surface area contributed by atoms with Gasteiger partial charge in [-0.1, -0.05) is 32.0 Å². The van der Waals surface area contributed by atoms with Crippen molar-refractivity contribution in [1.29, 1.82) is 0 Å². The number of para-hydroxylation sites is 1. The minimum Gasteiger partial charge on any atom is -0.459 e. The number of carbonyl (C=O) groups excluding carboxylic acids is 1. The number of alkyl halides is 1. The summed E-state index contributed by atoms with van der Waals surface area (Å²) in [6, 6.07) is 9.54. The number of rotatable bonds is 5. The summed E-state index contributed by atoms with van der Waals surface area (Å²) in [7, 11) is 0. The maximum absolute atomic E-state index is 12.5. The number of hydrogen-bond acceptors (Lipinski definition) is 2. The summed E-state index contributed by atoms with van der Waals surface area (Å²) in [4.78, 5) is 14.1. The molecule has 20 heavy (non-hydrogen) atoms. The van der Waals surface area contributed by atoms with Crippen LogP contribution in [0.5, 0.6) is 0 Å². The number of carbonyl (C=O) groups is 1. The second-order valence-electron chi connectivity index (χ2n) is 4.46. The SMILES string of the molecule is CCc1cccc(CC)c1N(CCl)C(=O)c1ccco1. The van der Waals surface area contributed by atoms with Crippen molar-refractivity contribution in [2.24, 2.45) is 0 Å². The van der Waals surface area contributed by atoms with Gasteiger partial charge in [0.25, 0.3) is 5.91 Å². The third-order valence-electron chi connectivity index (χ3n) is 3.33. The summed E-state index contributed by atoms with van der Waals surface area (Å²) in [5, 5.41) is 0. The van der Waals surface area contributed by atoms with Gasteiger partial charge in [0.05, 0.1) is 12.0 Å². The molecule has 1 aromatic carbocycles. The highest BCUT2D eigenvalue weighted by molar-refractivity contribution is 6.23. The molecule has 4 heteroatoms. The minimum atomic E-state index is -0.208. The van der Waals surface area contributed by atoms with Crippen LogP contribution in [0, 0.1) is 0 Å².